The first kappa shape index (κ1) is 22.4. The fourth-order valence-corrected chi connectivity index (χ4v) is 2.29. The van der Waals surface area contributed by atoms with Gasteiger partial charge in [0.1, 0.15) is 6.54 Å². The molecule has 1 N–H and O–H groups in total. The van der Waals surface area contributed by atoms with E-state index in [0.717, 1.165) is 32.1 Å². The van der Waals surface area contributed by atoms with Crippen molar-refractivity contribution in [1.29, 1.82) is 0 Å². The fourth-order valence-electron chi connectivity index (χ4n) is 2.29. The molecule has 0 fully saturated rings. The number of ether oxygens (including phenoxy) is 1. The molecule has 138 valence electrons. The molecule has 5 nitrogen and oxygen atoms in total. The topological polar surface area (TPSA) is 63.6 Å². The number of carbonyl (C=O) groups excluding carboxylic acids is 1. The highest BCUT2D eigenvalue weighted by Gasteiger charge is 2.24. The van der Waals surface area contributed by atoms with Gasteiger partial charge in [0.2, 0.25) is 0 Å². The number of carbonyl (C=O) groups is 2. The van der Waals surface area contributed by atoms with Gasteiger partial charge >= 0.3 is 11.9 Å². The predicted octanol–water partition coefficient (Wildman–Crippen LogP) is 3.55. The number of esters is 1. The predicted molar refractivity (Wildman–Crippen MR) is 96.7 cm³/mol. The highest BCUT2D eigenvalue weighted by molar-refractivity contribution is 5.71. The molecule has 0 aliphatic heterocycles. The maximum Gasteiger partial charge on any atom is 0.307 e. The summed E-state index contributed by atoms with van der Waals surface area (Å²) in [7, 11) is 5.85. The number of unbranched alkanes of at least 4 members (excludes halogenated alkanes) is 3. The minimum atomic E-state index is -0.940. The molecule has 0 aromatic rings. The van der Waals surface area contributed by atoms with E-state index in [1.165, 1.54) is 0 Å². The lowest BCUT2D eigenvalue weighted by molar-refractivity contribution is -0.873. The molecule has 0 aromatic heterocycles. The first-order valence-electron chi connectivity index (χ1n) is 8.78. The molecule has 0 saturated heterocycles. The number of hydrogen-bond acceptors (Lipinski definition) is 3. The van der Waals surface area contributed by atoms with Gasteiger partial charge in [0.25, 0.3) is 0 Å². The molecule has 24 heavy (non-hydrogen) atoms. The van der Waals surface area contributed by atoms with Gasteiger partial charge in [0, 0.05) is 6.42 Å². The summed E-state index contributed by atoms with van der Waals surface area (Å²) in [6.45, 7) is 2.60. The van der Waals surface area contributed by atoms with Crippen molar-refractivity contribution in [3.8, 4) is 0 Å². The molecule has 0 rings (SSSR count). The second kappa shape index (κ2) is 12.8. The Morgan fingerprint density at radius 3 is 2.33 bits per heavy atom. The Kier molecular flexibility index (Phi) is 11.9. The molecule has 0 radical (unpaired) electrons. The summed E-state index contributed by atoms with van der Waals surface area (Å²) in [5.74, 6) is -1.23. The standard InChI is InChI=1S/C19H33NO4/c1-5-6-7-8-9-10-11-12-13-14-19(23)24-17(15-18(21)22)16-20(2,3)4/h6-9,17H,5,10-16H2,1-4H3/p+1/b7-6+,9-8+. The van der Waals surface area contributed by atoms with Crippen LogP contribution in [0.1, 0.15) is 51.9 Å². The van der Waals surface area contributed by atoms with Gasteiger partial charge in [-0.15, -0.1) is 0 Å². The number of rotatable bonds is 13. The van der Waals surface area contributed by atoms with Crippen molar-refractivity contribution in [3.05, 3.63) is 24.3 Å². The van der Waals surface area contributed by atoms with E-state index in [9.17, 15) is 9.59 Å². The molecule has 5 heteroatoms. The zero-order valence-corrected chi connectivity index (χ0v) is 15.7. The average molecular weight is 340 g/mol. The highest BCUT2D eigenvalue weighted by atomic mass is 16.5. The van der Waals surface area contributed by atoms with E-state index in [0.29, 0.717) is 17.4 Å². The zero-order chi connectivity index (χ0) is 18.4. The third-order valence-corrected chi connectivity index (χ3v) is 3.32. The Hall–Kier alpha value is -1.62. The summed E-state index contributed by atoms with van der Waals surface area (Å²) >= 11 is 0. The van der Waals surface area contributed by atoms with Crippen LogP contribution in [0.15, 0.2) is 24.3 Å². The first-order valence-corrected chi connectivity index (χ1v) is 8.78. The molecule has 0 saturated carbocycles. The Morgan fingerprint density at radius 1 is 1.08 bits per heavy atom. The van der Waals surface area contributed by atoms with Gasteiger partial charge in [0.05, 0.1) is 27.6 Å². The van der Waals surface area contributed by atoms with Crippen LogP contribution in [0, 0.1) is 0 Å². The molecule has 0 bridgehead atoms. The van der Waals surface area contributed by atoms with Gasteiger partial charge in [-0.25, -0.2) is 0 Å². The van der Waals surface area contributed by atoms with Crippen LogP contribution < -0.4 is 0 Å². The lowest BCUT2D eigenvalue weighted by atomic mass is 10.1. The number of hydrogen-bond donors (Lipinski definition) is 1. The van der Waals surface area contributed by atoms with Gasteiger partial charge in [-0.05, 0) is 25.7 Å². The van der Waals surface area contributed by atoms with Crippen LogP contribution in [0.3, 0.4) is 0 Å². The van der Waals surface area contributed by atoms with Crippen molar-refractivity contribution >= 4 is 11.9 Å². The van der Waals surface area contributed by atoms with Crippen molar-refractivity contribution < 1.29 is 23.9 Å². The molecule has 1 atom stereocenters. The van der Waals surface area contributed by atoms with Gasteiger partial charge in [-0.1, -0.05) is 37.6 Å². The summed E-state index contributed by atoms with van der Waals surface area (Å²) in [5.41, 5.74) is 0. The maximum atomic E-state index is 11.9. The molecule has 0 spiro atoms. The van der Waals surface area contributed by atoms with E-state index >= 15 is 0 Å². The number of quaternary nitrogens is 1. The largest absolute Gasteiger partial charge is 0.481 e. The normalized spacial score (nSPS) is 13.5. The van der Waals surface area contributed by atoms with Gasteiger partial charge in [-0.3, -0.25) is 9.59 Å². The first-order chi connectivity index (χ1) is 11.2. The Balaban J connectivity index is 3.97. The maximum absolute atomic E-state index is 11.9. The SMILES string of the molecule is CC/C=C/C=C/CCCCCC(=O)OC(CC(=O)O)C[N+](C)(C)C. The van der Waals surface area contributed by atoms with E-state index in [1.807, 2.05) is 27.2 Å². The van der Waals surface area contributed by atoms with Crippen LogP contribution >= 0.6 is 0 Å². The third kappa shape index (κ3) is 15.3. The minimum Gasteiger partial charge on any atom is -0.481 e. The van der Waals surface area contributed by atoms with Crippen LogP contribution in [-0.4, -0.2) is 55.3 Å². The van der Waals surface area contributed by atoms with Crippen LogP contribution in [0.25, 0.3) is 0 Å². The molecule has 0 amide bonds. The van der Waals surface area contributed by atoms with Gasteiger partial charge in [-0.2, -0.15) is 0 Å². The summed E-state index contributed by atoms with van der Waals surface area (Å²) in [4.78, 5) is 22.8. The van der Waals surface area contributed by atoms with E-state index in [2.05, 4.69) is 25.2 Å². The fraction of sp³-hybridized carbons (Fsp3) is 0.684. The third-order valence-electron chi connectivity index (χ3n) is 3.32. The summed E-state index contributed by atoms with van der Waals surface area (Å²) in [6.07, 6.45) is 12.8. The lowest BCUT2D eigenvalue weighted by Crippen LogP contribution is -2.43. The smallest absolute Gasteiger partial charge is 0.307 e. The number of allylic oxidation sites excluding steroid dienone is 4. The molecule has 1 unspecified atom stereocenters. The molecule has 0 aliphatic carbocycles. The molecular weight excluding hydrogens is 306 g/mol. The zero-order valence-electron chi connectivity index (χ0n) is 15.7. The molecular formula is C19H34NO4+. The van der Waals surface area contributed by atoms with E-state index in [1.54, 1.807) is 0 Å². The van der Waals surface area contributed by atoms with E-state index in [4.69, 9.17) is 9.84 Å². The Bertz CT molecular complexity index is 422. The van der Waals surface area contributed by atoms with Crippen molar-refractivity contribution in [2.24, 2.45) is 0 Å². The number of carboxylic acids is 1. The van der Waals surface area contributed by atoms with E-state index in [-0.39, 0.29) is 12.4 Å². The van der Waals surface area contributed by atoms with Crippen molar-refractivity contribution in [2.45, 2.75) is 58.0 Å². The average Bonchev–Trinajstić information content (AvgIpc) is 2.42. The summed E-state index contributed by atoms with van der Waals surface area (Å²) in [6, 6.07) is 0. The summed E-state index contributed by atoms with van der Waals surface area (Å²) < 4.78 is 5.91. The van der Waals surface area contributed by atoms with Gasteiger partial charge in [0.15, 0.2) is 6.10 Å². The van der Waals surface area contributed by atoms with Crippen LogP contribution in [0.5, 0.6) is 0 Å². The lowest BCUT2D eigenvalue weighted by Gasteiger charge is -2.28. The minimum absolute atomic E-state index is 0.142. The highest BCUT2D eigenvalue weighted by Crippen LogP contribution is 2.09. The van der Waals surface area contributed by atoms with Crippen molar-refractivity contribution in [2.75, 3.05) is 27.7 Å². The summed E-state index contributed by atoms with van der Waals surface area (Å²) in [5, 5.41) is 8.93. The van der Waals surface area contributed by atoms with Crippen molar-refractivity contribution in [3.63, 3.8) is 0 Å². The second-order valence-electron chi connectivity index (χ2n) is 7.05. The van der Waals surface area contributed by atoms with Gasteiger partial charge < -0.3 is 14.3 Å². The van der Waals surface area contributed by atoms with E-state index < -0.39 is 12.1 Å². The monoisotopic (exact) mass is 340 g/mol. The Labute approximate surface area is 146 Å². The van der Waals surface area contributed by atoms with Crippen LogP contribution in [-0.2, 0) is 14.3 Å². The second-order valence-corrected chi connectivity index (χ2v) is 7.05. The molecule has 0 aliphatic rings. The Morgan fingerprint density at radius 2 is 1.75 bits per heavy atom. The van der Waals surface area contributed by atoms with Crippen LogP contribution in [0.2, 0.25) is 0 Å². The molecule has 0 aromatic carbocycles. The number of likely N-dealkylation sites (N-methyl/N-ethyl adjacent to an activating group) is 1. The number of aliphatic carboxylic acids is 1. The number of nitrogens with zero attached hydrogens (tertiary/aromatic N) is 1. The van der Waals surface area contributed by atoms with Crippen molar-refractivity contribution in [1.82, 2.24) is 0 Å². The quantitative estimate of drug-likeness (QED) is 0.241. The number of carboxylic acid groups (broad SMARTS) is 1. The van der Waals surface area contributed by atoms with Crippen LogP contribution in [0.4, 0.5) is 0 Å². The molecule has 0 heterocycles.